The summed E-state index contributed by atoms with van der Waals surface area (Å²) in [5, 5.41) is 14.0. The van der Waals surface area contributed by atoms with Crippen LogP contribution < -0.4 is 5.32 Å². The monoisotopic (exact) mass is 339 g/mol. The second-order valence-corrected chi connectivity index (χ2v) is 6.62. The molecule has 0 spiro atoms. The number of carbonyl (C=O) groups is 1. The summed E-state index contributed by atoms with van der Waals surface area (Å²) in [4.78, 5) is 18.5. The summed E-state index contributed by atoms with van der Waals surface area (Å²) in [7, 11) is 0. The molecule has 1 aromatic heterocycles. The molecule has 132 valence electrons. The Bertz CT molecular complexity index is 678. The average molecular weight is 339 g/mol. The molecule has 2 aromatic rings. The van der Waals surface area contributed by atoms with Crippen LogP contribution in [0.5, 0.6) is 0 Å². The van der Waals surface area contributed by atoms with Crippen LogP contribution in [-0.4, -0.2) is 46.1 Å². The number of nitrogens with zero attached hydrogens (tertiary/aromatic N) is 2. The predicted molar refractivity (Wildman–Crippen MR) is 96.9 cm³/mol. The van der Waals surface area contributed by atoms with Gasteiger partial charge in [0.25, 0.3) is 5.91 Å². The van der Waals surface area contributed by atoms with Crippen molar-refractivity contribution in [3.63, 3.8) is 0 Å². The first-order valence-electron chi connectivity index (χ1n) is 8.83. The minimum atomic E-state index is -1.30. The van der Waals surface area contributed by atoms with Crippen LogP contribution in [0, 0.1) is 0 Å². The van der Waals surface area contributed by atoms with Crippen molar-refractivity contribution in [2.45, 2.75) is 31.4 Å². The van der Waals surface area contributed by atoms with Crippen LogP contribution in [-0.2, 0) is 17.8 Å². The van der Waals surface area contributed by atoms with Gasteiger partial charge in [-0.05, 0) is 42.5 Å². The molecule has 0 bridgehead atoms. The van der Waals surface area contributed by atoms with Crippen molar-refractivity contribution in [1.82, 2.24) is 15.2 Å². The van der Waals surface area contributed by atoms with E-state index in [1.165, 1.54) is 5.56 Å². The van der Waals surface area contributed by atoms with Gasteiger partial charge < -0.3 is 15.3 Å². The normalized spacial score (nSPS) is 20.7. The summed E-state index contributed by atoms with van der Waals surface area (Å²) in [6.07, 6.45) is 5.63. The SMILES string of the molecule is O=C1N(CCc2ccccc2)CCCC1(O)CNCc1ccncc1. The fourth-order valence-corrected chi connectivity index (χ4v) is 3.27. The number of carbonyl (C=O) groups excluding carboxylic acids is 1. The molecule has 2 N–H and O–H groups in total. The molecule has 1 saturated heterocycles. The Morgan fingerprint density at radius 3 is 2.64 bits per heavy atom. The maximum absolute atomic E-state index is 12.7. The molecule has 3 rings (SSSR count). The molecule has 2 heterocycles. The zero-order valence-electron chi connectivity index (χ0n) is 14.4. The Hall–Kier alpha value is -2.24. The lowest BCUT2D eigenvalue weighted by Gasteiger charge is -2.38. The number of aromatic nitrogens is 1. The van der Waals surface area contributed by atoms with E-state index in [-0.39, 0.29) is 12.5 Å². The molecule has 1 atom stereocenters. The second-order valence-electron chi connectivity index (χ2n) is 6.62. The third-order valence-electron chi connectivity index (χ3n) is 4.71. The quantitative estimate of drug-likeness (QED) is 0.807. The van der Waals surface area contributed by atoms with E-state index in [2.05, 4.69) is 22.4 Å². The maximum atomic E-state index is 12.7. The second kappa shape index (κ2) is 8.23. The number of hydrogen-bond donors (Lipinski definition) is 2. The third kappa shape index (κ3) is 4.65. The van der Waals surface area contributed by atoms with Crippen molar-refractivity contribution in [2.24, 2.45) is 0 Å². The molecule has 5 nitrogen and oxygen atoms in total. The molecule has 0 aliphatic carbocycles. The molecular weight excluding hydrogens is 314 g/mol. The third-order valence-corrected chi connectivity index (χ3v) is 4.71. The zero-order valence-corrected chi connectivity index (χ0v) is 14.4. The lowest BCUT2D eigenvalue weighted by Crippen LogP contribution is -2.58. The molecule has 1 fully saturated rings. The lowest BCUT2D eigenvalue weighted by atomic mass is 9.91. The Balaban J connectivity index is 1.53. The molecule has 0 radical (unpaired) electrons. The number of aliphatic hydroxyl groups is 1. The number of rotatable bonds is 7. The maximum Gasteiger partial charge on any atom is 0.255 e. The Kier molecular flexibility index (Phi) is 5.79. The minimum absolute atomic E-state index is 0.156. The average Bonchev–Trinajstić information content (AvgIpc) is 2.65. The van der Waals surface area contributed by atoms with Gasteiger partial charge in [0.2, 0.25) is 0 Å². The first-order valence-corrected chi connectivity index (χ1v) is 8.83. The smallest absolute Gasteiger partial charge is 0.255 e. The van der Waals surface area contributed by atoms with Gasteiger partial charge in [0.1, 0.15) is 0 Å². The lowest BCUT2D eigenvalue weighted by molar-refractivity contribution is -0.156. The number of likely N-dealkylation sites (tertiary alicyclic amines) is 1. The summed E-state index contributed by atoms with van der Waals surface area (Å²) < 4.78 is 0. The van der Waals surface area contributed by atoms with Crippen LogP contribution in [0.25, 0.3) is 0 Å². The number of pyridine rings is 1. The Morgan fingerprint density at radius 2 is 1.88 bits per heavy atom. The molecule has 1 unspecified atom stereocenters. The summed E-state index contributed by atoms with van der Waals surface area (Å²) in [6, 6.07) is 14.0. The first kappa shape index (κ1) is 17.6. The molecule has 1 aliphatic rings. The van der Waals surface area contributed by atoms with Crippen LogP contribution in [0.1, 0.15) is 24.0 Å². The van der Waals surface area contributed by atoms with E-state index < -0.39 is 5.60 Å². The number of benzene rings is 1. The Labute approximate surface area is 148 Å². The minimum Gasteiger partial charge on any atom is -0.379 e. The molecular formula is C20H25N3O2. The molecule has 25 heavy (non-hydrogen) atoms. The van der Waals surface area contributed by atoms with Crippen molar-refractivity contribution in [3.05, 3.63) is 66.0 Å². The highest BCUT2D eigenvalue weighted by Crippen LogP contribution is 2.22. The van der Waals surface area contributed by atoms with Crippen molar-refractivity contribution in [2.75, 3.05) is 19.6 Å². The topological polar surface area (TPSA) is 65.5 Å². The zero-order chi connectivity index (χ0) is 17.5. The van der Waals surface area contributed by atoms with Gasteiger partial charge in [-0.1, -0.05) is 30.3 Å². The van der Waals surface area contributed by atoms with E-state index in [1.54, 1.807) is 17.3 Å². The molecule has 1 aliphatic heterocycles. The van der Waals surface area contributed by atoms with Gasteiger partial charge in [0, 0.05) is 38.6 Å². The number of hydrogen-bond acceptors (Lipinski definition) is 4. The highest BCUT2D eigenvalue weighted by atomic mass is 16.3. The van der Waals surface area contributed by atoms with E-state index in [0.717, 1.165) is 24.9 Å². The number of nitrogens with one attached hydrogen (secondary N) is 1. The van der Waals surface area contributed by atoms with Gasteiger partial charge in [-0.3, -0.25) is 9.78 Å². The highest BCUT2D eigenvalue weighted by Gasteiger charge is 2.41. The van der Waals surface area contributed by atoms with E-state index in [9.17, 15) is 9.90 Å². The summed E-state index contributed by atoms with van der Waals surface area (Å²) >= 11 is 0. The first-order chi connectivity index (χ1) is 12.2. The van der Waals surface area contributed by atoms with Gasteiger partial charge in [-0.15, -0.1) is 0 Å². The molecule has 1 aromatic carbocycles. The fraction of sp³-hybridized carbons (Fsp3) is 0.400. The number of piperidine rings is 1. The van der Waals surface area contributed by atoms with E-state index in [0.29, 0.717) is 19.5 Å². The van der Waals surface area contributed by atoms with Gasteiger partial charge >= 0.3 is 0 Å². The van der Waals surface area contributed by atoms with Crippen LogP contribution >= 0.6 is 0 Å². The standard InChI is InChI=1S/C20H25N3O2/c24-19-20(25,16-22-15-18-7-11-21-12-8-18)10-4-13-23(19)14-9-17-5-2-1-3-6-17/h1-3,5-8,11-12,22,25H,4,9-10,13-16H2. The van der Waals surface area contributed by atoms with Crippen molar-refractivity contribution < 1.29 is 9.90 Å². The largest absolute Gasteiger partial charge is 0.379 e. The molecule has 1 amide bonds. The van der Waals surface area contributed by atoms with Crippen LogP contribution in [0.15, 0.2) is 54.9 Å². The summed E-state index contributed by atoms with van der Waals surface area (Å²) in [5.74, 6) is -0.156. The number of amides is 1. The van der Waals surface area contributed by atoms with Gasteiger partial charge in [-0.25, -0.2) is 0 Å². The molecule has 0 saturated carbocycles. The Morgan fingerprint density at radius 1 is 1.12 bits per heavy atom. The van der Waals surface area contributed by atoms with Crippen LogP contribution in [0.4, 0.5) is 0 Å². The van der Waals surface area contributed by atoms with E-state index in [4.69, 9.17) is 0 Å². The van der Waals surface area contributed by atoms with Gasteiger partial charge in [0.05, 0.1) is 0 Å². The van der Waals surface area contributed by atoms with Crippen molar-refractivity contribution in [1.29, 1.82) is 0 Å². The van der Waals surface area contributed by atoms with Gasteiger partial charge in [0.15, 0.2) is 5.60 Å². The van der Waals surface area contributed by atoms with Crippen LogP contribution in [0.3, 0.4) is 0 Å². The van der Waals surface area contributed by atoms with Crippen molar-refractivity contribution in [3.8, 4) is 0 Å². The van der Waals surface area contributed by atoms with Crippen molar-refractivity contribution >= 4 is 5.91 Å². The summed E-state index contributed by atoms with van der Waals surface area (Å²) in [6.45, 7) is 2.26. The molecule has 5 heteroatoms. The fourth-order valence-electron chi connectivity index (χ4n) is 3.27. The van der Waals surface area contributed by atoms with E-state index in [1.807, 2.05) is 30.3 Å². The summed E-state index contributed by atoms with van der Waals surface area (Å²) in [5.41, 5.74) is 0.991. The van der Waals surface area contributed by atoms with E-state index >= 15 is 0 Å². The van der Waals surface area contributed by atoms with Gasteiger partial charge in [-0.2, -0.15) is 0 Å². The highest BCUT2D eigenvalue weighted by molar-refractivity contribution is 5.86. The van der Waals surface area contributed by atoms with Crippen LogP contribution in [0.2, 0.25) is 0 Å². The predicted octanol–water partition coefficient (Wildman–Crippen LogP) is 1.77.